The first-order valence-electron chi connectivity index (χ1n) is 12.1. The summed E-state index contributed by atoms with van der Waals surface area (Å²) < 4.78 is 0. The van der Waals surface area contributed by atoms with Crippen LogP contribution in [-0.4, -0.2) is 41.6 Å². The topological polar surface area (TPSA) is 57.3 Å². The lowest BCUT2D eigenvalue weighted by molar-refractivity contribution is 0.161. The third-order valence-corrected chi connectivity index (χ3v) is 6.38. The first kappa shape index (κ1) is 24.6. The molecule has 2 N–H and O–H groups in total. The number of nitrogens with one attached hydrogen (secondary N) is 2. The van der Waals surface area contributed by atoms with E-state index in [4.69, 9.17) is 0 Å². The predicted octanol–water partition coefficient (Wildman–Crippen LogP) is 5.94. The molecule has 0 aliphatic carbocycles. The van der Waals surface area contributed by atoms with Gasteiger partial charge in [-0.1, -0.05) is 72.3 Å². The Kier molecular flexibility index (Phi) is 11.2. The number of hydrogen-bond donors (Lipinski definition) is 2. The number of carbonyl (C=O) groups excluding carboxylic acids is 1. The Morgan fingerprint density at radius 1 is 1.10 bits per heavy atom. The van der Waals surface area contributed by atoms with Gasteiger partial charge in [0.2, 0.25) is 0 Å². The Morgan fingerprint density at radius 2 is 1.80 bits per heavy atom. The number of rotatable bonds is 12. The van der Waals surface area contributed by atoms with E-state index in [1.165, 1.54) is 44.9 Å². The van der Waals surface area contributed by atoms with Gasteiger partial charge in [0, 0.05) is 31.9 Å². The van der Waals surface area contributed by atoms with Crippen molar-refractivity contribution in [2.45, 2.75) is 85.1 Å². The summed E-state index contributed by atoms with van der Waals surface area (Å²) >= 11 is 0. The van der Waals surface area contributed by atoms with Crippen molar-refractivity contribution in [1.29, 1.82) is 0 Å². The minimum absolute atomic E-state index is 0.0249. The third-order valence-electron chi connectivity index (χ3n) is 6.38. The van der Waals surface area contributed by atoms with Crippen LogP contribution in [0.25, 0.3) is 0 Å². The maximum absolute atomic E-state index is 12.7. The average molecular weight is 417 g/mol. The lowest BCUT2D eigenvalue weighted by Gasteiger charge is -2.36. The SMILES string of the molecule is CC(C)CCCC(C)CCCC(C)CCC1CNCCN1C(=O)Nc1ccccn1. The molecule has 1 aromatic rings. The number of pyridine rings is 1. The number of urea groups is 1. The fourth-order valence-electron chi connectivity index (χ4n) is 4.36. The Balaban J connectivity index is 1.67. The molecule has 0 aromatic carbocycles. The molecule has 1 saturated heterocycles. The van der Waals surface area contributed by atoms with Crippen molar-refractivity contribution in [3.05, 3.63) is 24.4 Å². The van der Waals surface area contributed by atoms with Crippen molar-refractivity contribution in [3.63, 3.8) is 0 Å². The van der Waals surface area contributed by atoms with Gasteiger partial charge < -0.3 is 10.2 Å². The van der Waals surface area contributed by atoms with Crippen LogP contribution in [0.3, 0.4) is 0 Å². The maximum atomic E-state index is 12.7. The normalized spacial score (nSPS) is 19.0. The molecule has 0 spiro atoms. The predicted molar refractivity (Wildman–Crippen MR) is 127 cm³/mol. The Bertz CT molecular complexity index is 592. The van der Waals surface area contributed by atoms with E-state index in [-0.39, 0.29) is 12.1 Å². The van der Waals surface area contributed by atoms with E-state index in [0.717, 1.165) is 43.8 Å². The number of piperazine rings is 1. The Labute approximate surface area is 184 Å². The van der Waals surface area contributed by atoms with Gasteiger partial charge >= 0.3 is 6.03 Å². The summed E-state index contributed by atoms with van der Waals surface area (Å²) in [7, 11) is 0. The molecular weight excluding hydrogens is 372 g/mol. The Hall–Kier alpha value is -1.62. The van der Waals surface area contributed by atoms with E-state index in [0.29, 0.717) is 5.82 Å². The molecule has 1 aromatic heterocycles. The molecule has 3 unspecified atom stereocenters. The van der Waals surface area contributed by atoms with Crippen LogP contribution in [0.2, 0.25) is 0 Å². The van der Waals surface area contributed by atoms with E-state index >= 15 is 0 Å². The zero-order valence-corrected chi connectivity index (χ0v) is 19.7. The summed E-state index contributed by atoms with van der Waals surface area (Å²) in [6.45, 7) is 11.9. The molecule has 0 saturated carbocycles. The molecule has 3 atom stereocenters. The second kappa shape index (κ2) is 13.6. The molecule has 5 nitrogen and oxygen atoms in total. The van der Waals surface area contributed by atoms with Gasteiger partial charge in [0.05, 0.1) is 0 Å². The van der Waals surface area contributed by atoms with Crippen molar-refractivity contribution in [1.82, 2.24) is 15.2 Å². The number of carbonyl (C=O) groups is 1. The summed E-state index contributed by atoms with van der Waals surface area (Å²) in [6, 6.07) is 5.82. The number of hydrogen-bond acceptors (Lipinski definition) is 3. The minimum Gasteiger partial charge on any atom is -0.319 e. The van der Waals surface area contributed by atoms with Crippen LogP contribution in [0.5, 0.6) is 0 Å². The summed E-state index contributed by atoms with van der Waals surface area (Å²) in [5.41, 5.74) is 0. The van der Waals surface area contributed by atoms with Crippen LogP contribution in [0.15, 0.2) is 24.4 Å². The number of anilines is 1. The fourth-order valence-corrected chi connectivity index (χ4v) is 4.36. The molecule has 2 amide bonds. The summed E-state index contributed by atoms with van der Waals surface area (Å²) in [4.78, 5) is 19.0. The average Bonchev–Trinajstić information content (AvgIpc) is 2.73. The number of nitrogens with zero attached hydrogens (tertiary/aromatic N) is 2. The van der Waals surface area contributed by atoms with Crippen LogP contribution in [0.1, 0.15) is 79.1 Å². The van der Waals surface area contributed by atoms with Gasteiger partial charge in [-0.2, -0.15) is 0 Å². The molecular formula is C25H44N4O. The van der Waals surface area contributed by atoms with Gasteiger partial charge in [0.15, 0.2) is 0 Å². The second-order valence-electron chi connectivity index (χ2n) is 9.74. The minimum atomic E-state index is -0.0249. The van der Waals surface area contributed by atoms with E-state index in [9.17, 15) is 4.79 Å². The largest absolute Gasteiger partial charge is 0.323 e. The quantitative estimate of drug-likeness (QED) is 0.443. The third kappa shape index (κ3) is 9.46. The molecule has 1 fully saturated rings. The molecule has 170 valence electrons. The highest BCUT2D eigenvalue weighted by Gasteiger charge is 2.27. The van der Waals surface area contributed by atoms with E-state index in [1.54, 1.807) is 6.20 Å². The second-order valence-corrected chi connectivity index (χ2v) is 9.74. The van der Waals surface area contributed by atoms with Crippen LogP contribution in [0, 0.1) is 17.8 Å². The highest BCUT2D eigenvalue weighted by Crippen LogP contribution is 2.22. The molecule has 2 heterocycles. The van der Waals surface area contributed by atoms with E-state index < -0.39 is 0 Å². The van der Waals surface area contributed by atoms with Gasteiger partial charge in [-0.3, -0.25) is 5.32 Å². The first-order valence-corrected chi connectivity index (χ1v) is 12.1. The van der Waals surface area contributed by atoms with Crippen LogP contribution in [-0.2, 0) is 0 Å². The summed E-state index contributed by atoms with van der Waals surface area (Å²) in [5, 5.41) is 6.40. The van der Waals surface area contributed by atoms with Crippen molar-refractivity contribution in [3.8, 4) is 0 Å². The van der Waals surface area contributed by atoms with Crippen LogP contribution < -0.4 is 10.6 Å². The van der Waals surface area contributed by atoms with Gasteiger partial charge in [-0.25, -0.2) is 9.78 Å². The zero-order valence-electron chi connectivity index (χ0n) is 19.7. The Morgan fingerprint density at radius 3 is 2.47 bits per heavy atom. The van der Waals surface area contributed by atoms with Gasteiger partial charge in [-0.15, -0.1) is 0 Å². The zero-order chi connectivity index (χ0) is 21.8. The summed E-state index contributed by atoms with van der Waals surface area (Å²) in [6.07, 6.45) is 12.0. The highest BCUT2D eigenvalue weighted by molar-refractivity contribution is 5.88. The molecule has 30 heavy (non-hydrogen) atoms. The van der Waals surface area contributed by atoms with Crippen molar-refractivity contribution in [2.24, 2.45) is 17.8 Å². The molecule has 1 aliphatic rings. The van der Waals surface area contributed by atoms with Crippen molar-refractivity contribution >= 4 is 11.8 Å². The smallest absolute Gasteiger partial charge is 0.319 e. The number of amides is 2. The van der Waals surface area contributed by atoms with E-state index in [1.807, 2.05) is 23.1 Å². The van der Waals surface area contributed by atoms with Gasteiger partial charge in [0.1, 0.15) is 5.82 Å². The maximum Gasteiger partial charge on any atom is 0.323 e. The van der Waals surface area contributed by atoms with E-state index in [2.05, 4.69) is 43.3 Å². The lowest BCUT2D eigenvalue weighted by Crippen LogP contribution is -2.54. The fraction of sp³-hybridized carbons (Fsp3) is 0.760. The molecule has 5 heteroatoms. The lowest BCUT2D eigenvalue weighted by atomic mass is 9.91. The summed E-state index contributed by atoms with van der Waals surface area (Å²) in [5.74, 6) is 3.02. The standard InChI is InChI=1S/C25H44N4O/c1-20(2)9-7-10-21(3)11-8-12-22(4)14-15-23-19-26-17-18-29(23)25(30)28-24-13-5-6-16-27-24/h5-6,13,16,20-23,26H,7-12,14-15,17-19H2,1-4H3,(H,27,28,30). The highest BCUT2D eigenvalue weighted by atomic mass is 16.2. The monoisotopic (exact) mass is 416 g/mol. The van der Waals surface area contributed by atoms with Gasteiger partial charge in [0.25, 0.3) is 0 Å². The molecule has 2 rings (SSSR count). The molecule has 1 aliphatic heterocycles. The van der Waals surface area contributed by atoms with Crippen LogP contribution >= 0.6 is 0 Å². The van der Waals surface area contributed by atoms with Crippen molar-refractivity contribution in [2.75, 3.05) is 25.0 Å². The number of aromatic nitrogens is 1. The molecule has 0 radical (unpaired) electrons. The van der Waals surface area contributed by atoms with Crippen LogP contribution in [0.4, 0.5) is 10.6 Å². The van der Waals surface area contributed by atoms with Crippen molar-refractivity contribution < 1.29 is 4.79 Å². The molecule has 0 bridgehead atoms. The first-order chi connectivity index (χ1) is 14.5. The van der Waals surface area contributed by atoms with Gasteiger partial charge in [-0.05, 0) is 42.7 Å².